The van der Waals surface area contributed by atoms with E-state index in [0.29, 0.717) is 5.92 Å². The van der Waals surface area contributed by atoms with Crippen molar-refractivity contribution in [2.75, 3.05) is 13.2 Å². The summed E-state index contributed by atoms with van der Waals surface area (Å²) in [6.07, 6.45) is 2.09. The maximum atomic E-state index is 5.66. The van der Waals surface area contributed by atoms with Gasteiger partial charge in [0.1, 0.15) is 5.75 Å². The largest absolute Gasteiger partial charge is 0.493 e. The molecule has 1 rings (SSSR count). The molecule has 2 heteroatoms. The SMILES string of the molecule is CCc1ccc(OCC(C)CCN)cc1. The summed E-state index contributed by atoms with van der Waals surface area (Å²) < 4.78 is 5.66. The molecular formula is C13H21NO. The molecule has 0 bridgehead atoms. The molecule has 0 spiro atoms. The average Bonchev–Trinajstić information content (AvgIpc) is 2.27. The van der Waals surface area contributed by atoms with E-state index in [1.165, 1.54) is 5.56 Å². The van der Waals surface area contributed by atoms with Crippen molar-refractivity contribution >= 4 is 0 Å². The number of hydrogen-bond donors (Lipinski definition) is 1. The fraction of sp³-hybridized carbons (Fsp3) is 0.538. The van der Waals surface area contributed by atoms with Crippen LogP contribution in [0, 0.1) is 5.92 Å². The van der Waals surface area contributed by atoms with E-state index < -0.39 is 0 Å². The summed E-state index contributed by atoms with van der Waals surface area (Å²) in [4.78, 5) is 0. The van der Waals surface area contributed by atoms with Gasteiger partial charge in [-0.1, -0.05) is 26.0 Å². The average molecular weight is 207 g/mol. The molecule has 15 heavy (non-hydrogen) atoms. The highest BCUT2D eigenvalue weighted by Gasteiger charge is 2.01. The van der Waals surface area contributed by atoms with E-state index >= 15 is 0 Å². The van der Waals surface area contributed by atoms with Crippen LogP contribution in [0.15, 0.2) is 24.3 Å². The molecule has 1 aromatic rings. The second-order valence-corrected chi connectivity index (χ2v) is 3.99. The maximum Gasteiger partial charge on any atom is 0.119 e. The van der Waals surface area contributed by atoms with Crippen LogP contribution in [0.2, 0.25) is 0 Å². The van der Waals surface area contributed by atoms with Gasteiger partial charge < -0.3 is 10.5 Å². The van der Waals surface area contributed by atoms with Crippen LogP contribution in [0.1, 0.15) is 25.8 Å². The lowest BCUT2D eigenvalue weighted by molar-refractivity contribution is 0.254. The zero-order valence-electron chi connectivity index (χ0n) is 9.70. The molecule has 0 saturated carbocycles. The number of rotatable bonds is 6. The van der Waals surface area contributed by atoms with Gasteiger partial charge in [-0.2, -0.15) is 0 Å². The zero-order valence-corrected chi connectivity index (χ0v) is 9.70. The van der Waals surface area contributed by atoms with Crippen molar-refractivity contribution in [1.29, 1.82) is 0 Å². The van der Waals surface area contributed by atoms with Crippen molar-refractivity contribution in [3.05, 3.63) is 29.8 Å². The van der Waals surface area contributed by atoms with Crippen LogP contribution in [0.5, 0.6) is 5.75 Å². The van der Waals surface area contributed by atoms with Crippen molar-refractivity contribution < 1.29 is 4.74 Å². The van der Waals surface area contributed by atoms with E-state index in [-0.39, 0.29) is 0 Å². The van der Waals surface area contributed by atoms with Crippen LogP contribution in [-0.2, 0) is 6.42 Å². The molecule has 0 amide bonds. The lowest BCUT2D eigenvalue weighted by Crippen LogP contribution is -2.13. The molecule has 1 aromatic carbocycles. The van der Waals surface area contributed by atoms with Gasteiger partial charge in [0, 0.05) is 0 Å². The Bertz CT molecular complexity index is 268. The first-order chi connectivity index (χ1) is 7.26. The molecule has 0 aliphatic rings. The van der Waals surface area contributed by atoms with Crippen molar-refractivity contribution in [3.8, 4) is 5.75 Å². The molecule has 1 atom stereocenters. The Hall–Kier alpha value is -1.02. The summed E-state index contributed by atoms with van der Waals surface area (Å²) in [6.45, 7) is 5.80. The number of benzene rings is 1. The molecule has 2 nitrogen and oxygen atoms in total. The first-order valence-electron chi connectivity index (χ1n) is 5.68. The molecule has 0 aliphatic heterocycles. The minimum absolute atomic E-state index is 0.529. The molecule has 0 aromatic heterocycles. The fourth-order valence-electron chi connectivity index (χ4n) is 1.43. The summed E-state index contributed by atoms with van der Waals surface area (Å²) >= 11 is 0. The van der Waals surface area contributed by atoms with Crippen LogP contribution in [-0.4, -0.2) is 13.2 Å². The molecule has 1 unspecified atom stereocenters. The number of ether oxygens (including phenoxy) is 1. The van der Waals surface area contributed by atoms with Crippen LogP contribution in [0.3, 0.4) is 0 Å². The summed E-state index contributed by atoms with van der Waals surface area (Å²) in [5.74, 6) is 1.48. The van der Waals surface area contributed by atoms with Crippen molar-refractivity contribution in [2.24, 2.45) is 11.7 Å². The predicted molar refractivity (Wildman–Crippen MR) is 64.2 cm³/mol. The van der Waals surface area contributed by atoms with Crippen LogP contribution < -0.4 is 10.5 Å². The molecule has 0 fully saturated rings. The Morgan fingerprint density at radius 3 is 2.47 bits per heavy atom. The van der Waals surface area contributed by atoms with Gasteiger partial charge in [0.15, 0.2) is 0 Å². The minimum atomic E-state index is 0.529. The van der Waals surface area contributed by atoms with Crippen molar-refractivity contribution in [2.45, 2.75) is 26.7 Å². The second-order valence-electron chi connectivity index (χ2n) is 3.99. The van der Waals surface area contributed by atoms with Gasteiger partial charge >= 0.3 is 0 Å². The monoisotopic (exact) mass is 207 g/mol. The van der Waals surface area contributed by atoms with Crippen LogP contribution in [0.25, 0.3) is 0 Å². The second kappa shape index (κ2) is 6.46. The van der Waals surface area contributed by atoms with E-state index in [2.05, 4.69) is 26.0 Å². The summed E-state index contributed by atoms with van der Waals surface area (Å²) in [5.41, 5.74) is 6.83. The third-order valence-corrected chi connectivity index (χ3v) is 2.53. The van der Waals surface area contributed by atoms with E-state index in [1.807, 2.05) is 12.1 Å². The summed E-state index contributed by atoms with van der Waals surface area (Å²) in [7, 11) is 0. The Morgan fingerprint density at radius 2 is 1.93 bits per heavy atom. The van der Waals surface area contributed by atoms with Gasteiger partial charge in [0.25, 0.3) is 0 Å². The highest BCUT2D eigenvalue weighted by Crippen LogP contribution is 2.14. The molecule has 0 radical (unpaired) electrons. The summed E-state index contributed by atoms with van der Waals surface area (Å²) in [5, 5.41) is 0. The molecule has 2 N–H and O–H groups in total. The lowest BCUT2D eigenvalue weighted by atomic mass is 10.1. The fourth-order valence-corrected chi connectivity index (χ4v) is 1.43. The first kappa shape index (κ1) is 12.1. The van der Waals surface area contributed by atoms with Gasteiger partial charge in [-0.05, 0) is 43.0 Å². The topological polar surface area (TPSA) is 35.2 Å². The molecule has 84 valence electrons. The van der Waals surface area contributed by atoms with Crippen molar-refractivity contribution in [3.63, 3.8) is 0 Å². The van der Waals surface area contributed by atoms with E-state index in [4.69, 9.17) is 10.5 Å². The highest BCUT2D eigenvalue weighted by molar-refractivity contribution is 5.27. The molecule has 0 heterocycles. The third-order valence-electron chi connectivity index (χ3n) is 2.53. The zero-order chi connectivity index (χ0) is 11.1. The lowest BCUT2D eigenvalue weighted by Gasteiger charge is -2.12. The van der Waals surface area contributed by atoms with Gasteiger partial charge in [0.2, 0.25) is 0 Å². The quantitative estimate of drug-likeness (QED) is 0.778. The molecule has 0 saturated heterocycles. The van der Waals surface area contributed by atoms with Gasteiger partial charge in [-0.3, -0.25) is 0 Å². The van der Waals surface area contributed by atoms with Crippen LogP contribution >= 0.6 is 0 Å². The molecular weight excluding hydrogens is 186 g/mol. The molecule has 0 aliphatic carbocycles. The Labute approximate surface area is 92.4 Å². The van der Waals surface area contributed by atoms with E-state index in [0.717, 1.165) is 31.7 Å². The Morgan fingerprint density at radius 1 is 1.27 bits per heavy atom. The Balaban J connectivity index is 2.37. The number of nitrogens with two attached hydrogens (primary N) is 1. The van der Waals surface area contributed by atoms with E-state index in [1.54, 1.807) is 0 Å². The van der Waals surface area contributed by atoms with Crippen LogP contribution in [0.4, 0.5) is 0 Å². The normalized spacial score (nSPS) is 12.5. The first-order valence-corrected chi connectivity index (χ1v) is 5.68. The smallest absolute Gasteiger partial charge is 0.119 e. The summed E-state index contributed by atoms with van der Waals surface area (Å²) in [6, 6.07) is 8.30. The minimum Gasteiger partial charge on any atom is -0.493 e. The standard InChI is InChI=1S/C13H21NO/c1-3-12-4-6-13(7-5-12)15-10-11(2)8-9-14/h4-7,11H,3,8-10,14H2,1-2H3. The van der Waals surface area contributed by atoms with E-state index in [9.17, 15) is 0 Å². The van der Waals surface area contributed by atoms with Gasteiger partial charge in [-0.25, -0.2) is 0 Å². The van der Waals surface area contributed by atoms with Gasteiger partial charge in [0.05, 0.1) is 6.61 Å². The third kappa shape index (κ3) is 4.34. The van der Waals surface area contributed by atoms with Crippen molar-refractivity contribution in [1.82, 2.24) is 0 Å². The number of aryl methyl sites for hydroxylation is 1. The number of hydrogen-bond acceptors (Lipinski definition) is 2. The predicted octanol–water partition coefficient (Wildman–Crippen LogP) is 2.61. The highest BCUT2D eigenvalue weighted by atomic mass is 16.5. The maximum absolute atomic E-state index is 5.66. The van der Waals surface area contributed by atoms with Gasteiger partial charge in [-0.15, -0.1) is 0 Å². The Kier molecular flexibility index (Phi) is 5.19.